The van der Waals surface area contributed by atoms with Crippen LogP contribution < -0.4 is 10.3 Å². The Hall–Kier alpha value is -3.22. The van der Waals surface area contributed by atoms with Gasteiger partial charge >= 0.3 is 0 Å². The largest absolute Gasteiger partial charge is 0.348 e. The van der Waals surface area contributed by atoms with Gasteiger partial charge < -0.3 is 5.32 Å². The molecule has 25 heavy (non-hydrogen) atoms. The van der Waals surface area contributed by atoms with Gasteiger partial charge in [-0.15, -0.1) is 0 Å². The molecule has 0 bridgehead atoms. The number of anilines is 1. The predicted molar refractivity (Wildman–Crippen MR) is 95.8 cm³/mol. The third-order valence-electron chi connectivity index (χ3n) is 4.03. The van der Waals surface area contributed by atoms with Crippen molar-refractivity contribution in [1.82, 2.24) is 5.32 Å². The van der Waals surface area contributed by atoms with Crippen molar-refractivity contribution in [3.8, 4) is 0 Å². The predicted octanol–water partition coefficient (Wildman–Crippen LogP) is 3.11. The van der Waals surface area contributed by atoms with Gasteiger partial charge in [-0.25, -0.2) is 0 Å². The molecule has 1 aliphatic heterocycles. The highest BCUT2D eigenvalue weighted by molar-refractivity contribution is 5.94. The van der Waals surface area contributed by atoms with Crippen LogP contribution in [0.4, 0.5) is 11.4 Å². The third-order valence-corrected chi connectivity index (χ3v) is 4.03. The number of hydrogen-bond acceptors (Lipinski definition) is 5. The van der Waals surface area contributed by atoms with E-state index in [0.717, 1.165) is 24.4 Å². The van der Waals surface area contributed by atoms with Crippen LogP contribution in [0.1, 0.15) is 29.3 Å². The van der Waals surface area contributed by atoms with Gasteiger partial charge in [0.1, 0.15) is 0 Å². The molecular formula is C18H18N4O3. The van der Waals surface area contributed by atoms with Gasteiger partial charge in [-0.2, -0.15) is 5.10 Å². The zero-order chi connectivity index (χ0) is 17.8. The van der Waals surface area contributed by atoms with Crippen LogP contribution in [0.15, 0.2) is 53.6 Å². The van der Waals surface area contributed by atoms with Crippen LogP contribution in [0.5, 0.6) is 0 Å². The van der Waals surface area contributed by atoms with Gasteiger partial charge in [0.15, 0.2) is 0 Å². The van der Waals surface area contributed by atoms with Crippen LogP contribution in [0, 0.1) is 10.1 Å². The van der Waals surface area contributed by atoms with Gasteiger partial charge in [-0.1, -0.05) is 18.2 Å². The van der Waals surface area contributed by atoms with Gasteiger partial charge in [0, 0.05) is 42.4 Å². The minimum atomic E-state index is -0.450. The molecule has 2 aromatic carbocycles. The fourth-order valence-electron chi connectivity index (χ4n) is 2.66. The Morgan fingerprint density at radius 2 is 1.96 bits per heavy atom. The van der Waals surface area contributed by atoms with Crippen LogP contribution in [-0.2, 0) is 6.54 Å². The van der Waals surface area contributed by atoms with Crippen molar-refractivity contribution >= 4 is 23.0 Å². The number of nitrogens with one attached hydrogen (secondary N) is 1. The molecule has 0 spiro atoms. The molecule has 1 aliphatic rings. The lowest BCUT2D eigenvalue weighted by atomic mass is 10.1. The van der Waals surface area contributed by atoms with Gasteiger partial charge in [-0.3, -0.25) is 19.9 Å². The number of carbonyl (C=O) groups is 1. The smallest absolute Gasteiger partial charge is 0.274 e. The van der Waals surface area contributed by atoms with Crippen LogP contribution in [0.2, 0.25) is 0 Å². The molecule has 0 saturated carbocycles. The first-order valence-electron chi connectivity index (χ1n) is 7.97. The average Bonchev–Trinajstić information content (AvgIpc) is 3.06. The Bertz CT molecular complexity index is 830. The number of nitrogens with zero attached hydrogens (tertiary/aromatic N) is 3. The maximum Gasteiger partial charge on any atom is 0.274 e. The fraction of sp³-hybridized carbons (Fsp3) is 0.222. The molecule has 0 unspecified atom stereocenters. The molecule has 7 nitrogen and oxygen atoms in total. The Balaban J connectivity index is 1.65. The minimum absolute atomic E-state index is 0.000382. The summed E-state index contributed by atoms with van der Waals surface area (Å²) < 4.78 is 0. The highest BCUT2D eigenvalue weighted by Crippen LogP contribution is 2.20. The maximum atomic E-state index is 12.3. The molecular weight excluding hydrogens is 320 g/mol. The van der Waals surface area contributed by atoms with Crippen molar-refractivity contribution < 1.29 is 9.72 Å². The Morgan fingerprint density at radius 1 is 1.24 bits per heavy atom. The topological polar surface area (TPSA) is 87.8 Å². The summed E-state index contributed by atoms with van der Waals surface area (Å²) in [5.41, 5.74) is 3.00. The fourth-order valence-corrected chi connectivity index (χ4v) is 2.66. The summed E-state index contributed by atoms with van der Waals surface area (Å²) in [6.45, 7) is 2.94. The van der Waals surface area contributed by atoms with E-state index in [4.69, 9.17) is 0 Å². The first kappa shape index (κ1) is 16.6. The molecule has 0 aliphatic carbocycles. The number of nitro benzene ring substituents is 1. The third kappa shape index (κ3) is 3.82. The maximum absolute atomic E-state index is 12.3. The summed E-state index contributed by atoms with van der Waals surface area (Å²) in [5, 5.41) is 20.1. The van der Waals surface area contributed by atoms with E-state index in [9.17, 15) is 14.9 Å². The number of nitro groups is 1. The van der Waals surface area contributed by atoms with Gasteiger partial charge in [0.25, 0.3) is 11.6 Å². The van der Waals surface area contributed by atoms with E-state index in [-0.39, 0.29) is 18.1 Å². The standard InChI is InChI=1S/C18H18N4O3/c1-13-10-11-21(20-13)16-8-6-14(7-9-16)18(23)19-12-15-4-2-3-5-17(15)22(24)25/h2-9H,10-12H2,1H3,(H,19,23). The number of benzene rings is 2. The second-order valence-electron chi connectivity index (χ2n) is 5.82. The first-order chi connectivity index (χ1) is 12.0. The Labute approximate surface area is 145 Å². The van der Waals surface area contributed by atoms with Gasteiger partial charge in [-0.05, 0) is 31.2 Å². The number of carbonyl (C=O) groups excluding carboxylic acids is 1. The van der Waals surface area contributed by atoms with E-state index in [1.165, 1.54) is 6.07 Å². The molecule has 1 amide bonds. The van der Waals surface area contributed by atoms with Crippen molar-refractivity contribution in [2.75, 3.05) is 11.6 Å². The molecule has 0 radical (unpaired) electrons. The molecule has 0 atom stereocenters. The summed E-state index contributed by atoms with van der Waals surface area (Å²) >= 11 is 0. The van der Waals surface area contributed by atoms with Gasteiger partial charge in [0.05, 0.1) is 10.6 Å². The normalized spacial score (nSPS) is 13.5. The number of para-hydroxylation sites is 1. The lowest BCUT2D eigenvalue weighted by molar-refractivity contribution is -0.385. The Kier molecular flexibility index (Phi) is 4.74. The summed E-state index contributed by atoms with van der Waals surface area (Å²) in [6, 6.07) is 13.5. The molecule has 3 rings (SSSR count). The second-order valence-corrected chi connectivity index (χ2v) is 5.82. The molecule has 0 saturated heterocycles. The molecule has 0 fully saturated rings. The molecule has 128 valence electrons. The molecule has 2 aromatic rings. The van der Waals surface area contributed by atoms with Crippen LogP contribution in [0.25, 0.3) is 0 Å². The van der Waals surface area contributed by atoms with E-state index in [1.54, 1.807) is 30.3 Å². The van der Waals surface area contributed by atoms with Crippen molar-refractivity contribution in [2.45, 2.75) is 19.9 Å². The SMILES string of the molecule is CC1=NN(c2ccc(C(=O)NCc3ccccc3[N+](=O)[O-])cc2)CC1. The van der Waals surface area contributed by atoms with E-state index < -0.39 is 4.92 Å². The molecule has 1 N–H and O–H groups in total. The van der Waals surface area contributed by atoms with Gasteiger partial charge in [0.2, 0.25) is 0 Å². The number of amides is 1. The van der Waals surface area contributed by atoms with E-state index in [2.05, 4.69) is 10.4 Å². The summed E-state index contributed by atoms with van der Waals surface area (Å²) in [7, 11) is 0. The van der Waals surface area contributed by atoms with Crippen molar-refractivity contribution in [2.24, 2.45) is 5.10 Å². The number of rotatable bonds is 5. The molecule has 0 aromatic heterocycles. The lowest BCUT2D eigenvalue weighted by Crippen LogP contribution is -2.23. The van der Waals surface area contributed by atoms with Crippen LogP contribution >= 0.6 is 0 Å². The monoisotopic (exact) mass is 338 g/mol. The second kappa shape index (κ2) is 7.12. The van der Waals surface area contributed by atoms with E-state index in [1.807, 2.05) is 24.1 Å². The molecule has 1 heterocycles. The lowest BCUT2D eigenvalue weighted by Gasteiger charge is -2.14. The number of hydrazone groups is 1. The first-order valence-corrected chi connectivity index (χ1v) is 7.97. The van der Waals surface area contributed by atoms with Crippen molar-refractivity contribution in [3.63, 3.8) is 0 Å². The summed E-state index contributed by atoms with van der Waals surface area (Å²) in [4.78, 5) is 22.8. The van der Waals surface area contributed by atoms with Crippen molar-refractivity contribution in [3.05, 3.63) is 69.8 Å². The molecule has 7 heteroatoms. The minimum Gasteiger partial charge on any atom is -0.348 e. The van der Waals surface area contributed by atoms with Crippen LogP contribution in [0.3, 0.4) is 0 Å². The van der Waals surface area contributed by atoms with E-state index in [0.29, 0.717) is 11.1 Å². The summed E-state index contributed by atoms with van der Waals surface area (Å²) in [6.07, 6.45) is 0.943. The average molecular weight is 338 g/mol. The number of hydrogen-bond donors (Lipinski definition) is 1. The van der Waals surface area contributed by atoms with E-state index >= 15 is 0 Å². The van der Waals surface area contributed by atoms with Crippen LogP contribution in [-0.4, -0.2) is 23.1 Å². The summed E-state index contributed by atoms with van der Waals surface area (Å²) in [5.74, 6) is -0.272. The highest BCUT2D eigenvalue weighted by atomic mass is 16.6. The Morgan fingerprint density at radius 3 is 2.60 bits per heavy atom. The zero-order valence-electron chi connectivity index (χ0n) is 13.8. The van der Waals surface area contributed by atoms with Crippen molar-refractivity contribution in [1.29, 1.82) is 0 Å². The zero-order valence-corrected chi connectivity index (χ0v) is 13.8. The highest BCUT2D eigenvalue weighted by Gasteiger charge is 2.15. The quantitative estimate of drug-likeness (QED) is 0.670.